The molecule has 0 fully saturated rings. The van der Waals surface area contributed by atoms with E-state index in [4.69, 9.17) is 15.4 Å². The minimum absolute atomic E-state index is 0.169. The summed E-state index contributed by atoms with van der Waals surface area (Å²) in [5.41, 5.74) is 0. The standard InChI is InChI=1S/C10H18ClN3O3S/c1-3-7-14-9(6-5-8-17-4-2)12-13-10(14)18(11,15)16/h3-8H2,1-2H3. The molecule has 0 spiro atoms. The molecule has 1 aromatic rings. The Morgan fingerprint density at radius 1 is 1.33 bits per heavy atom. The molecule has 18 heavy (non-hydrogen) atoms. The molecule has 104 valence electrons. The van der Waals surface area contributed by atoms with Crippen molar-refractivity contribution in [1.82, 2.24) is 14.8 Å². The van der Waals surface area contributed by atoms with Crippen LogP contribution in [-0.2, 0) is 26.8 Å². The average molecular weight is 296 g/mol. The smallest absolute Gasteiger partial charge is 0.296 e. The predicted octanol–water partition coefficient (Wildman–Crippen LogP) is 1.58. The monoisotopic (exact) mass is 295 g/mol. The van der Waals surface area contributed by atoms with Gasteiger partial charge >= 0.3 is 0 Å². The Morgan fingerprint density at radius 3 is 2.61 bits per heavy atom. The maximum atomic E-state index is 11.3. The minimum Gasteiger partial charge on any atom is -0.382 e. The van der Waals surface area contributed by atoms with Crippen LogP contribution in [0.4, 0.5) is 0 Å². The van der Waals surface area contributed by atoms with Crippen LogP contribution >= 0.6 is 10.7 Å². The Bertz CT molecular complexity index is 473. The van der Waals surface area contributed by atoms with Crippen molar-refractivity contribution in [3.63, 3.8) is 0 Å². The zero-order valence-corrected chi connectivity index (χ0v) is 12.2. The van der Waals surface area contributed by atoms with E-state index in [1.165, 1.54) is 0 Å². The quantitative estimate of drug-likeness (QED) is 0.538. The van der Waals surface area contributed by atoms with Crippen molar-refractivity contribution in [1.29, 1.82) is 0 Å². The second-order valence-electron chi connectivity index (χ2n) is 3.79. The third-order valence-corrected chi connectivity index (χ3v) is 3.50. The Kier molecular flexibility index (Phi) is 6.04. The lowest BCUT2D eigenvalue weighted by Crippen LogP contribution is -2.10. The molecule has 0 unspecified atom stereocenters. The molecule has 8 heteroatoms. The molecule has 0 saturated heterocycles. The van der Waals surface area contributed by atoms with Gasteiger partial charge in [0.05, 0.1) is 0 Å². The first-order valence-corrected chi connectivity index (χ1v) is 8.26. The first kappa shape index (κ1) is 15.4. The summed E-state index contributed by atoms with van der Waals surface area (Å²) >= 11 is 0. The number of nitrogens with zero attached hydrogens (tertiary/aromatic N) is 3. The van der Waals surface area contributed by atoms with E-state index in [-0.39, 0.29) is 5.16 Å². The number of rotatable bonds is 8. The van der Waals surface area contributed by atoms with E-state index in [0.29, 0.717) is 32.0 Å². The van der Waals surface area contributed by atoms with E-state index in [1.807, 2.05) is 13.8 Å². The molecule has 0 amide bonds. The molecule has 0 aliphatic rings. The minimum atomic E-state index is -3.84. The van der Waals surface area contributed by atoms with Crippen LogP contribution in [0.2, 0.25) is 0 Å². The summed E-state index contributed by atoms with van der Waals surface area (Å²) in [7, 11) is 1.48. The lowest BCUT2D eigenvalue weighted by Gasteiger charge is -2.07. The van der Waals surface area contributed by atoms with Crippen molar-refractivity contribution in [2.24, 2.45) is 0 Å². The van der Waals surface area contributed by atoms with Gasteiger partial charge < -0.3 is 9.30 Å². The van der Waals surface area contributed by atoms with Gasteiger partial charge in [0, 0.05) is 36.9 Å². The molecular weight excluding hydrogens is 278 g/mol. The van der Waals surface area contributed by atoms with E-state index >= 15 is 0 Å². The number of halogens is 1. The second-order valence-corrected chi connectivity index (χ2v) is 6.25. The Balaban J connectivity index is 2.82. The van der Waals surface area contributed by atoms with Crippen molar-refractivity contribution in [2.45, 2.75) is 44.8 Å². The highest BCUT2D eigenvalue weighted by molar-refractivity contribution is 8.13. The van der Waals surface area contributed by atoms with Crippen LogP contribution in [0.1, 0.15) is 32.5 Å². The third-order valence-electron chi connectivity index (χ3n) is 2.35. The molecule has 0 aliphatic carbocycles. The Morgan fingerprint density at radius 2 is 2.06 bits per heavy atom. The van der Waals surface area contributed by atoms with Crippen molar-refractivity contribution >= 4 is 19.7 Å². The average Bonchev–Trinajstić information content (AvgIpc) is 2.68. The van der Waals surface area contributed by atoms with Crippen molar-refractivity contribution in [3.8, 4) is 0 Å². The van der Waals surface area contributed by atoms with Crippen LogP contribution < -0.4 is 0 Å². The molecule has 0 aliphatic heterocycles. The van der Waals surface area contributed by atoms with Crippen LogP contribution in [0.5, 0.6) is 0 Å². The number of aromatic nitrogens is 3. The summed E-state index contributed by atoms with van der Waals surface area (Å²) in [6, 6.07) is 0. The van der Waals surface area contributed by atoms with Gasteiger partial charge in [0.15, 0.2) is 0 Å². The van der Waals surface area contributed by atoms with Gasteiger partial charge in [-0.25, -0.2) is 8.42 Å². The van der Waals surface area contributed by atoms with Gasteiger partial charge in [-0.1, -0.05) is 6.92 Å². The second kappa shape index (κ2) is 7.06. The van der Waals surface area contributed by atoms with E-state index in [2.05, 4.69) is 10.2 Å². The molecule has 0 radical (unpaired) electrons. The molecule has 0 bridgehead atoms. The van der Waals surface area contributed by atoms with Crippen LogP contribution in [-0.4, -0.2) is 36.4 Å². The van der Waals surface area contributed by atoms with E-state index < -0.39 is 9.05 Å². The summed E-state index contributed by atoms with van der Waals surface area (Å²) < 4.78 is 29.5. The molecule has 0 N–H and O–H groups in total. The molecule has 0 atom stereocenters. The fraction of sp³-hybridized carbons (Fsp3) is 0.800. The van der Waals surface area contributed by atoms with Crippen molar-refractivity contribution < 1.29 is 13.2 Å². The predicted molar refractivity (Wildman–Crippen MR) is 68.2 cm³/mol. The fourth-order valence-corrected chi connectivity index (χ4v) is 2.55. The highest BCUT2D eigenvalue weighted by Gasteiger charge is 2.21. The number of aryl methyl sites for hydroxylation is 1. The van der Waals surface area contributed by atoms with E-state index in [9.17, 15) is 8.42 Å². The van der Waals surface area contributed by atoms with Crippen molar-refractivity contribution in [3.05, 3.63) is 5.82 Å². The van der Waals surface area contributed by atoms with E-state index in [0.717, 1.165) is 12.8 Å². The lowest BCUT2D eigenvalue weighted by atomic mass is 10.3. The summed E-state index contributed by atoms with van der Waals surface area (Å²) in [5.74, 6) is 0.635. The van der Waals surface area contributed by atoms with Gasteiger partial charge in [0.25, 0.3) is 14.2 Å². The van der Waals surface area contributed by atoms with Gasteiger partial charge in [0.1, 0.15) is 5.82 Å². The molecule has 0 aromatic carbocycles. The first-order valence-electron chi connectivity index (χ1n) is 5.95. The lowest BCUT2D eigenvalue weighted by molar-refractivity contribution is 0.144. The Labute approximate surface area is 112 Å². The summed E-state index contributed by atoms with van der Waals surface area (Å²) in [5, 5.41) is 7.38. The largest absolute Gasteiger partial charge is 0.382 e. The number of ether oxygens (including phenoxy) is 1. The van der Waals surface area contributed by atoms with Crippen LogP contribution in [0, 0.1) is 0 Å². The normalized spacial score (nSPS) is 11.9. The zero-order chi connectivity index (χ0) is 13.6. The summed E-state index contributed by atoms with van der Waals surface area (Å²) in [6.07, 6.45) is 2.19. The number of hydrogen-bond acceptors (Lipinski definition) is 5. The highest BCUT2D eigenvalue weighted by atomic mass is 35.7. The molecule has 1 aromatic heterocycles. The molecule has 1 rings (SSSR count). The van der Waals surface area contributed by atoms with E-state index in [1.54, 1.807) is 4.57 Å². The summed E-state index contributed by atoms with van der Waals surface area (Å²) in [6.45, 7) is 5.71. The Hall–Kier alpha value is -0.660. The van der Waals surface area contributed by atoms with Crippen LogP contribution in [0.3, 0.4) is 0 Å². The SMILES string of the molecule is CCCn1c(CCCOCC)nnc1S(=O)(=O)Cl. The summed E-state index contributed by atoms with van der Waals surface area (Å²) in [4.78, 5) is 0. The van der Waals surface area contributed by atoms with Crippen LogP contribution in [0.15, 0.2) is 5.16 Å². The first-order chi connectivity index (χ1) is 8.50. The maximum Gasteiger partial charge on any atom is 0.296 e. The maximum absolute atomic E-state index is 11.3. The van der Waals surface area contributed by atoms with Crippen molar-refractivity contribution in [2.75, 3.05) is 13.2 Å². The molecular formula is C10H18ClN3O3S. The third kappa shape index (κ3) is 4.22. The zero-order valence-electron chi connectivity index (χ0n) is 10.6. The fourth-order valence-electron chi connectivity index (χ4n) is 1.61. The topological polar surface area (TPSA) is 74.1 Å². The van der Waals surface area contributed by atoms with Crippen LogP contribution in [0.25, 0.3) is 0 Å². The molecule has 0 saturated carbocycles. The van der Waals surface area contributed by atoms with Gasteiger partial charge in [-0.2, -0.15) is 0 Å². The molecule has 1 heterocycles. The number of hydrogen-bond donors (Lipinski definition) is 0. The highest BCUT2D eigenvalue weighted by Crippen LogP contribution is 2.15. The van der Waals surface area contributed by atoms with Gasteiger partial charge in [-0.15, -0.1) is 10.2 Å². The molecule has 6 nitrogen and oxygen atoms in total. The van der Waals surface area contributed by atoms with Gasteiger partial charge in [-0.05, 0) is 19.8 Å². The van der Waals surface area contributed by atoms with Gasteiger partial charge in [-0.3, -0.25) is 0 Å². The van der Waals surface area contributed by atoms with Gasteiger partial charge in [0.2, 0.25) is 0 Å².